The van der Waals surface area contributed by atoms with Gasteiger partial charge < -0.3 is 5.73 Å². The fourth-order valence-corrected chi connectivity index (χ4v) is 3.62. The van der Waals surface area contributed by atoms with Gasteiger partial charge in [0.05, 0.1) is 0 Å². The Morgan fingerprint density at radius 1 is 1.18 bits per heavy atom. The average Bonchev–Trinajstić information content (AvgIpc) is 2.60. The molecule has 2 bridgehead atoms. The number of rotatable bonds is 2. The van der Waals surface area contributed by atoms with E-state index in [0.29, 0.717) is 0 Å². The highest BCUT2D eigenvalue weighted by atomic mass is 35.5. The minimum absolute atomic E-state index is 0.750. The predicted molar refractivity (Wildman–Crippen MR) is 47.6 cm³/mol. The van der Waals surface area contributed by atoms with Crippen molar-refractivity contribution in [2.75, 3.05) is 12.4 Å². The first-order valence-electron chi connectivity index (χ1n) is 4.62. The molecule has 0 aromatic carbocycles. The Balaban J connectivity index is 2.08. The summed E-state index contributed by atoms with van der Waals surface area (Å²) in [7, 11) is 0. The lowest BCUT2D eigenvalue weighted by Crippen LogP contribution is -2.29. The van der Waals surface area contributed by atoms with Crippen LogP contribution in [0, 0.1) is 23.7 Å². The van der Waals surface area contributed by atoms with E-state index in [0.717, 1.165) is 36.1 Å². The first-order valence-corrected chi connectivity index (χ1v) is 5.16. The summed E-state index contributed by atoms with van der Waals surface area (Å²) in [5.41, 5.74) is 5.73. The summed E-state index contributed by atoms with van der Waals surface area (Å²) in [6, 6.07) is 0. The largest absolute Gasteiger partial charge is 0.330 e. The molecule has 4 unspecified atom stereocenters. The van der Waals surface area contributed by atoms with Crippen LogP contribution in [0.4, 0.5) is 0 Å². The van der Waals surface area contributed by atoms with Crippen molar-refractivity contribution < 1.29 is 0 Å². The van der Waals surface area contributed by atoms with Crippen molar-refractivity contribution in [3.63, 3.8) is 0 Å². The maximum absolute atomic E-state index is 5.92. The van der Waals surface area contributed by atoms with Crippen molar-refractivity contribution in [1.82, 2.24) is 0 Å². The van der Waals surface area contributed by atoms with Crippen LogP contribution in [0.15, 0.2) is 0 Å². The highest BCUT2D eigenvalue weighted by molar-refractivity contribution is 6.18. The molecule has 2 aliphatic carbocycles. The molecular formula is C9H16ClN. The molecular weight excluding hydrogens is 158 g/mol. The second-order valence-corrected chi connectivity index (χ2v) is 4.36. The second-order valence-electron chi connectivity index (χ2n) is 4.05. The summed E-state index contributed by atoms with van der Waals surface area (Å²) in [6.45, 7) is 0.860. The molecule has 2 N–H and O–H groups in total. The van der Waals surface area contributed by atoms with E-state index in [-0.39, 0.29) is 0 Å². The van der Waals surface area contributed by atoms with E-state index < -0.39 is 0 Å². The molecule has 0 aromatic rings. The third-order valence-electron chi connectivity index (χ3n) is 3.73. The summed E-state index contributed by atoms with van der Waals surface area (Å²) in [5, 5.41) is 0. The zero-order chi connectivity index (χ0) is 7.84. The van der Waals surface area contributed by atoms with Crippen LogP contribution in [-0.2, 0) is 0 Å². The van der Waals surface area contributed by atoms with Crippen molar-refractivity contribution in [3.05, 3.63) is 0 Å². The molecule has 4 atom stereocenters. The minimum Gasteiger partial charge on any atom is -0.330 e. The predicted octanol–water partition coefficient (Wildman–Crippen LogP) is 1.85. The van der Waals surface area contributed by atoms with Gasteiger partial charge in [0, 0.05) is 5.88 Å². The van der Waals surface area contributed by atoms with E-state index in [1.165, 1.54) is 19.3 Å². The maximum atomic E-state index is 5.92. The Morgan fingerprint density at radius 3 is 2.27 bits per heavy atom. The zero-order valence-electron chi connectivity index (χ0n) is 6.80. The van der Waals surface area contributed by atoms with Gasteiger partial charge >= 0.3 is 0 Å². The van der Waals surface area contributed by atoms with E-state index in [2.05, 4.69) is 0 Å². The Morgan fingerprint density at radius 2 is 1.82 bits per heavy atom. The normalized spacial score (nSPS) is 48.5. The lowest BCUT2D eigenvalue weighted by Gasteiger charge is -2.28. The third kappa shape index (κ3) is 1.09. The van der Waals surface area contributed by atoms with Gasteiger partial charge in [0.2, 0.25) is 0 Å². The van der Waals surface area contributed by atoms with Gasteiger partial charge in [0.15, 0.2) is 0 Å². The number of hydrogen-bond acceptors (Lipinski definition) is 1. The number of fused-ring (bicyclic) bond motifs is 2. The standard InChI is InChI=1S/C9H16ClN/c10-4-8-6-1-2-7(3-6)9(8)5-11/h6-9H,1-5,11H2. The number of halogens is 1. The quantitative estimate of drug-likeness (QED) is 0.634. The third-order valence-corrected chi connectivity index (χ3v) is 4.08. The van der Waals surface area contributed by atoms with Crippen LogP contribution in [0.3, 0.4) is 0 Å². The van der Waals surface area contributed by atoms with Gasteiger partial charge in [-0.25, -0.2) is 0 Å². The molecule has 0 amide bonds. The molecule has 0 radical (unpaired) electrons. The topological polar surface area (TPSA) is 26.0 Å². The monoisotopic (exact) mass is 173 g/mol. The Labute approximate surface area is 73.3 Å². The molecule has 2 aliphatic rings. The average molecular weight is 174 g/mol. The molecule has 64 valence electrons. The SMILES string of the molecule is NCC1C2CCC(C2)C1CCl. The smallest absolute Gasteiger partial charge is 0.0257 e. The molecule has 2 heteroatoms. The van der Waals surface area contributed by atoms with Crippen molar-refractivity contribution in [2.45, 2.75) is 19.3 Å². The fourth-order valence-electron chi connectivity index (χ4n) is 3.14. The summed E-state index contributed by atoms with van der Waals surface area (Å²) >= 11 is 5.92. The number of alkyl halides is 1. The highest BCUT2D eigenvalue weighted by Gasteiger charge is 2.45. The van der Waals surface area contributed by atoms with Crippen LogP contribution >= 0.6 is 11.6 Å². The number of hydrogen-bond donors (Lipinski definition) is 1. The van der Waals surface area contributed by atoms with Crippen molar-refractivity contribution in [3.8, 4) is 0 Å². The molecule has 0 heterocycles. The molecule has 2 saturated carbocycles. The van der Waals surface area contributed by atoms with Crippen LogP contribution in [0.25, 0.3) is 0 Å². The van der Waals surface area contributed by atoms with Crippen molar-refractivity contribution in [2.24, 2.45) is 29.4 Å². The van der Waals surface area contributed by atoms with Crippen LogP contribution in [0.5, 0.6) is 0 Å². The minimum atomic E-state index is 0.750. The van der Waals surface area contributed by atoms with Crippen molar-refractivity contribution in [1.29, 1.82) is 0 Å². The molecule has 11 heavy (non-hydrogen) atoms. The van der Waals surface area contributed by atoms with Crippen LogP contribution < -0.4 is 5.73 Å². The first kappa shape index (κ1) is 7.88. The number of nitrogens with two attached hydrogens (primary N) is 1. The molecule has 1 nitrogen and oxygen atoms in total. The van der Waals surface area contributed by atoms with Gasteiger partial charge in [-0.15, -0.1) is 11.6 Å². The van der Waals surface area contributed by atoms with E-state index in [1.807, 2.05) is 0 Å². The van der Waals surface area contributed by atoms with Gasteiger partial charge in [0.1, 0.15) is 0 Å². The molecule has 0 saturated heterocycles. The van der Waals surface area contributed by atoms with Crippen LogP contribution in [0.2, 0.25) is 0 Å². The lowest BCUT2D eigenvalue weighted by molar-refractivity contribution is 0.249. The van der Waals surface area contributed by atoms with Gasteiger partial charge in [-0.2, -0.15) is 0 Å². The van der Waals surface area contributed by atoms with Crippen LogP contribution in [-0.4, -0.2) is 12.4 Å². The molecule has 2 fully saturated rings. The maximum Gasteiger partial charge on any atom is 0.0257 e. The Hall–Kier alpha value is 0.250. The van der Waals surface area contributed by atoms with Gasteiger partial charge in [-0.1, -0.05) is 0 Å². The van der Waals surface area contributed by atoms with Gasteiger partial charge in [-0.3, -0.25) is 0 Å². The van der Waals surface area contributed by atoms with E-state index in [9.17, 15) is 0 Å². The zero-order valence-corrected chi connectivity index (χ0v) is 7.56. The van der Waals surface area contributed by atoms with Gasteiger partial charge in [-0.05, 0) is 49.5 Å². The van der Waals surface area contributed by atoms with E-state index in [1.54, 1.807) is 0 Å². The Bertz CT molecular complexity index is 132. The highest BCUT2D eigenvalue weighted by Crippen LogP contribution is 2.52. The van der Waals surface area contributed by atoms with E-state index in [4.69, 9.17) is 17.3 Å². The van der Waals surface area contributed by atoms with Gasteiger partial charge in [0.25, 0.3) is 0 Å². The van der Waals surface area contributed by atoms with Crippen LogP contribution in [0.1, 0.15) is 19.3 Å². The molecule has 2 rings (SSSR count). The summed E-state index contributed by atoms with van der Waals surface area (Å²) < 4.78 is 0. The lowest BCUT2D eigenvalue weighted by atomic mass is 9.80. The molecule has 0 aliphatic heterocycles. The summed E-state index contributed by atoms with van der Waals surface area (Å²) in [5.74, 6) is 4.19. The molecule has 0 aromatic heterocycles. The van der Waals surface area contributed by atoms with Crippen molar-refractivity contribution >= 4 is 11.6 Å². The summed E-state index contributed by atoms with van der Waals surface area (Å²) in [6.07, 6.45) is 4.25. The fraction of sp³-hybridized carbons (Fsp3) is 1.00. The van der Waals surface area contributed by atoms with E-state index >= 15 is 0 Å². The first-order chi connectivity index (χ1) is 5.36. The molecule has 0 spiro atoms. The second kappa shape index (κ2) is 2.95. The summed E-state index contributed by atoms with van der Waals surface area (Å²) in [4.78, 5) is 0. The Kier molecular flexibility index (Phi) is 2.11.